The second-order valence-electron chi connectivity index (χ2n) is 8.53. The van der Waals surface area contributed by atoms with Gasteiger partial charge in [0.15, 0.2) is 0 Å². The van der Waals surface area contributed by atoms with Gasteiger partial charge in [0.2, 0.25) is 0 Å². The Hall–Kier alpha value is -3.86. The molecule has 1 aliphatic rings. The number of aliphatic hydroxyl groups excluding tert-OH is 1. The molecule has 0 radical (unpaired) electrons. The van der Waals surface area contributed by atoms with E-state index in [0.29, 0.717) is 22.6 Å². The van der Waals surface area contributed by atoms with E-state index in [2.05, 4.69) is 0 Å². The van der Waals surface area contributed by atoms with E-state index in [1.807, 2.05) is 76.2 Å². The third kappa shape index (κ3) is 3.91. The van der Waals surface area contributed by atoms with Gasteiger partial charge in [0, 0.05) is 11.3 Å². The minimum atomic E-state index is -0.790. The summed E-state index contributed by atoms with van der Waals surface area (Å²) in [7, 11) is 1.56. The maximum absolute atomic E-state index is 13.3. The zero-order valence-electron chi connectivity index (χ0n) is 19.5. The Morgan fingerprint density at radius 3 is 2.30 bits per heavy atom. The van der Waals surface area contributed by atoms with Crippen LogP contribution in [0.2, 0.25) is 0 Å². The molecule has 3 aromatic rings. The van der Waals surface area contributed by atoms with Gasteiger partial charge in [0.25, 0.3) is 11.7 Å². The molecule has 5 heteroatoms. The van der Waals surface area contributed by atoms with Crippen molar-refractivity contribution >= 4 is 23.1 Å². The minimum Gasteiger partial charge on any atom is -0.507 e. The lowest BCUT2D eigenvalue weighted by atomic mass is 9.93. The number of ketones is 1. The molecule has 0 aliphatic carbocycles. The second kappa shape index (κ2) is 8.58. The van der Waals surface area contributed by atoms with E-state index >= 15 is 0 Å². The van der Waals surface area contributed by atoms with Crippen molar-refractivity contribution in [2.45, 2.75) is 33.7 Å². The molecule has 1 unspecified atom stereocenters. The number of ether oxygens (including phenoxy) is 1. The first-order chi connectivity index (χ1) is 15.7. The van der Waals surface area contributed by atoms with Crippen LogP contribution in [0.15, 0.2) is 66.2 Å². The van der Waals surface area contributed by atoms with Crippen molar-refractivity contribution in [3.8, 4) is 5.75 Å². The Kier molecular flexibility index (Phi) is 5.81. The molecule has 0 aromatic heterocycles. The average molecular weight is 442 g/mol. The van der Waals surface area contributed by atoms with Gasteiger partial charge in [-0.15, -0.1) is 0 Å². The largest absolute Gasteiger partial charge is 0.507 e. The monoisotopic (exact) mass is 441 g/mol. The summed E-state index contributed by atoms with van der Waals surface area (Å²) in [6.07, 6.45) is 0. The lowest BCUT2D eigenvalue weighted by molar-refractivity contribution is -0.132. The van der Waals surface area contributed by atoms with E-state index < -0.39 is 17.7 Å². The topological polar surface area (TPSA) is 66.8 Å². The summed E-state index contributed by atoms with van der Waals surface area (Å²) in [4.78, 5) is 28.2. The number of hydrogen-bond acceptors (Lipinski definition) is 4. The van der Waals surface area contributed by atoms with Crippen LogP contribution in [0.3, 0.4) is 0 Å². The normalized spacial score (nSPS) is 17.5. The number of hydrogen-bond donors (Lipinski definition) is 1. The molecular weight excluding hydrogens is 414 g/mol. The maximum Gasteiger partial charge on any atom is 0.300 e. The van der Waals surface area contributed by atoms with E-state index in [-0.39, 0.29) is 11.3 Å². The predicted octanol–water partition coefficient (Wildman–Crippen LogP) is 5.56. The molecule has 33 heavy (non-hydrogen) atoms. The molecule has 1 aliphatic heterocycles. The van der Waals surface area contributed by atoms with Gasteiger partial charge in [-0.2, -0.15) is 0 Å². The molecule has 1 atom stereocenters. The maximum atomic E-state index is 13.3. The Morgan fingerprint density at radius 1 is 0.879 bits per heavy atom. The minimum absolute atomic E-state index is 0.0696. The van der Waals surface area contributed by atoms with Crippen molar-refractivity contribution in [1.29, 1.82) is 0 Å². The van der Waals surface area contributed by atoms with Crippen LogP contribution in [0.1, 0.15) is 39.4 Å². The highest BCUT2D eigenvalue weighted by Gasteiger charge is 2.47. The standard InChI is InChI=1S/C28H27NO4/c1-16-9-10-18(3)23(13-16)26(30)24-25(20-7-6-8-22(15-20)33-5)29(28(32)27(24)31)21-12-11-17(2)19(4)14-21/h6-15,25,30H,1-5H3/b26-24+. The molecule has 1 fully saturated rings. The zero-order valence-corrected chi connectivity index (χ0v) is 19.5. The number of anilines is 1. The number of Topliss-reactive ketones (excluding diaryl/α,β-unsaturated/α-hetero) is 1. The fourth-order valence-corrected chi connectivity index (χ4v) is 4.24. The summed E-state index contributed by atoms with van der Waals surface area (Å²) < 4.78 is 5.39. The first-order valence-corrected chi connectivity index (χ1v) is 10.8. The predicted molar refractivity (Wildman–Crippen MR) is 130 cm³/mol. The van der Waals surface area contributed by atoms with Crippen LogP contribution in [-0.4, -0.2) is 23.9 Å². The van der Waals surface area contributed by atoms with Gasteiger partial charge >= 0.3 is 0 Å². The molecular formula is C28H27NO4. The SMILES string of the molecule is COc1cccc(C2/C(=C(\O)c3cc(C)ccc3C)C(=O)C(=O)N2c2ccc(C)c(C)c2)c1. The van der Waals surface area contributed by atoms with Crippen molar-refractivity contribution < 1.29 is 19.4 Å². The number of methoxy groups -OCH3 is 1. The van der Waals surface area contributed by atoms with Crippen molar-refractivity contribution in [1.82, 2.24) is 0 Å². The molecule has 0 saturated carbocycles. The summed E-state index contributed by atoms with van der Waals surface area (Å²) in [5, 5.41) is 11.4. The van der Waals surface area contributed by atoms with Crippen molar-refractivity contribution in [2.75, 3.05) is 12.0 Å². The summed E-state index contributed by atoms with van der Waals surface area (Å²) >= 11 is 0. The number of carbonyl (C=O) groups excluding carboxylic acids is 2. The Morgan fingerprint density at radius 2 is 1.61 bits per heavy atom. The van der Waals surface area contributed by atoms with Gasteiger partial charge in [0.1, 0.15) is 11.5 Å². The molecule has 1 saturated heterocycles. The molecule has 0 bridgehead atoms. The number of nitrogens with zero attached hydrogens (tertiary/aromatic N) is 1. The summed E-state index contributed by atoms with van der Waals surface area (Å²) in [5.41, 5.74) is 5.76. The smallest absolute Gasteiger partial charge is 0.300 e. The summed E-state index contributed by atoms with van der Waals surface area (Å²) in [6.45, 7) is 7.75. The molecule has 5 nitrogen and oxygen atoms in total. The zero-order chi connectivity index (χ0) is 23.9. The van der Waals surface area contributed by atoms with Crippen LogP contribution >= 0.6 is 0 Å². The van der Waals surface area contributed by atoms with Crippen molar-refractivity contribution in [3.05, 3.63) is 99.6 Å². The molecule has 168 valence electrons. The van der Waals surface area contributed by atoms with Gasteiger partial charge < -0.3 is 9.84 Å². The number of benzene rings is 3. The highest BCUT2D eigenvalue weighted by atomic mass is 16.5. The van der Waals surface area contributed by atoms with Gasteiger partial charge in [-0.3, -0.25) is 14.5 Å². The van der Waals surface area contributed by atoms with Gasteiger partial charge in [-0.1, -0.05) is 35.9 Å². The molecule has 0 spiro atoms. The number of carbonyl (C=O) groups is 2. The van der Waals surface area contributed by atoms with Crippen LogP contribution in [0.25, 0.3) is 5.76 Å². The van der Waals surface area contributed by atoms with Crippen LogP contribution in [0.5, 0.6) is 5.75 Å². The number of aryl methyl sites for hydroxylation is 4. The summed E-state index contributed by atoms with van der Waals surface area (Å²) in [5.74, 6) is -0.948. The molecule has 1 N–H and O–H groups in total. The number of amides is 1. The van der Waals surface area contributed by atoms with Crippen LogP contribution in [0.4, 0.5) is 5.69 Å². The molecule has 1 amide bonds. The van der Waals surface area contributed by atoms with Gasteiger partial charge in [0.05, 0.1) is 18.7 Å². The Balaban J connectivity index is 2.00. The highest BCUT2D eigenvalue weighted by molar-refractivity contribution is 6.51. The second-order valence-corrected chi connectivity index (χ2v) is 8.53. The van der Waals surface area contributed by atoms with Gasteiger partial charge in [-0.25, -0.2) is 0 Å². The van der Waals surface area contributed by atoms with Crippen molar-refractivity contribution in [3.63, 3.8) is 0 Å². The lowest BCUT2D eigenvalue weighted by Gasteiger charge is -2.26. The molecule has 4 rings (SSSR count). The third-order valence-electron chi connectivity index (χ3n) is 6.27. The van der Waals surface area contributed by atoms with Crippen LogP contribution < -0.4 is 9.64 Å². The quantitative estimate of drug-likeness (QED) is 0.327. The lowest BCUT2D eigenvalue weighted by Crippen LogP contribution is -2.29. The average Bonchev–Trinajstić information content (AvgIpc) is 3.07. The number of aliphatic hydroxyl groups is 1. The van der Waals surface area contributed by atoms with Crippen LogP contribution in [-0.2, 0) is 9.59 Å². The fraction of sp³-hybridized carbons (Fsp3) is 0.214. The van der Waals surface area contributed by atoms with Crippen LogP contribution in [0, 0.1) is 27.7 Å². The highest BCUT2D eigenvalue weighted by Crippen LogP contribution is 2.43. The molecule has 1 heterocycles. The van der Waals surface area contributed by atoms with E-state index in [0.717, 1.165) is 22.3 Å². The van der Waals surface area contributed by atoms with Crippen molar-refractivity contribution in [2.24, 2.45) is 0 Å². The summed E-state index contributed by atoms with van der Waals surface area (Å²) in [6, 6.07) is 17.8. The van der Waals surface area contributed by atoms with E-state index in [1.54, 1.807) is 19.2 Å². The first kappa shape index (κ1) is 22.3. The van der Waals surface area contributed by atoms with E-state index in [1.165, 1.54) is 4.90 Å². The molecule has 3 aromatic carbocycles. The van der Waals surface area contributed by atoms with E-state index in [4.69, 9.17) is 4.74 Å². The van der Waals surface area contributed by atoms with Gasteiger partial charge in [-0.05, 0) is 80.3 Å². The first-order valence-electron chi connectivity index (χ1n) is 10.8. The van der Waals surface area contributed by atoms with E-state index in [9.17, 15) is 14.7 Å². The fourth-order valence-electron chi connectivity index (χ4n) is 4.24. The Labute approximate surface area is 193 Å². The Bertz CT molecular complexity index is 1300. The third-order valence-corrected chi connectivity index (χ3v) is 6.27. The number of rotatable bonds is 4.